The second kappa shape index (κ2) is 5.27. The van der Waals surface area contributed by atoms with E-state index in [9.17, 15) is 0 Å². The molecule has 1 aliphatic heterocycles. The molecule has 2 heterocycles. The number of benzene rings is 2. The molecule has 3 heteroatoms. The molecular formula is C20H21N3. The van der Waals surface area contributed by atoms with Crippen molar-refractivity contribution in [1.29, 1.82) is 5.41 Å². The monoisotopic (exact) mass is 303 g/mol. The van der Waals surface area contributed by atoms with E-state index in [1.165, 1.54) is 22.2 Å². The lowest BCUT2D eigenvalue weighted by atomic mass is 10.0. The molecule has 1 unspecified atom stereocenters. The molecule has 1 aromatic heterocycles. The first-order valence-electron chi connectivity index (χ1n) is 8.18. The topological polar surface area (TPSA) is 42.9 Å². The minimum atomic E-state index is 0.193. The summed E-state index contributed by atoms with van der Waals surface area (Å²) in [6.45, 7) is 4.19. The second-order valence-corrected chi connectivity index (χ2v) is 6.55. The van der Waals surface area contributed by atoms with Crippen LogP contribution in [0.15, 0.2) is 54.7 Å². The molecule has 0 fully saturated rings. The summed E-state index contributed by atoms with van der Waals surface area (Å²) in [5.41, 5.74) is 4.95. The van der Waals surface area contributed by atoms with Crippen molar-refractivity contribution in [2.45, 2.75) is 26.3 Å². The van der Waals surface area contributed by atoms with Crippen LogP contribution in [0.2, 0.25) is 0 Å². The third-order valence-electron chi connectivity index (χ3n) is 4.76. The van der Waals surface area contributed by atoms with Gasteiger partial charge >= 0.3 is 0 Å². The van der Waals surface area contributed by atoms with Crippen molar-refractivity contribution < 1.29 is 0 Å². The normalized spacial score (nSPS) is 17.0. The van der Waals surface area contributed by atoms with Crippen molar-refractivity contribution in [3.05, 3.63) is 65.9 Å². The third-order valence-corrected chi connectivity index (χ3v) is 4.76. The fourth-order valence-electron chi connectivity index (χ4n) is 3.58. The number of aromatic nitrogens is 1. The minimum absolute atomic E-state index is 0.193. The number of H-pyrrole nitrogens is 1. The first kappa shape index (κ1) is 14.1. The lowest BCUT2D eigenvalue weighted by Crippen LogP contribution is -2.34. The summed E-state index contributed by atoms with van der Waals surface area (Å²) in [5, 5.41) is 9.88. The van der Waals surface area contributed by atoms with Gasteiger partial charge in [-0.2, -0.15) is 0 Å². The summed E-state index contributed by atoms with van der Waals surface area (Å²) in [6, 6.07) is 17.1. The molecule has 3 nitrogen and oxygen atoms in total. The summed E-state index contributed by atoms with van der Waals surface area (Å²) >= 11 is 0. The van der Waals surface area contributed by atoms with Gasteiger partial charge in [0.25, 0.3) is 0 Å². The maximum absolute atomic E-state index is 8.63. The predicted octanol–water partition coefficient (Wildman–Crippen LogP) is 4.90. The first-order chi connectivity index (χ1) is 11.2. The second-order valence-electron chi connectivity index (χ2n) is 6.55. The first-order valence-corrected chi connectivity index (χ1v) is 8.18. The standard InChI is InChI=1S/C20H21N3/c1-13(2)20(21)23-18-10-6-3-7-14(18)11-19(23)16-12-22-17-9-5-4-8-15(16)17/h3-10,12-13,19,21-22H,11H2,1-2H3. The molecule has 23 heavy (non-hydrogen) atoms. The molecule has 2 aromatic carbocycles. The Hall–Kier alpha value is -2.55. The highest BCUT2D eigenvalue weighted by atomic mass is 15.2. The lowest BCUT2D eigenvalue weighted by Gasteiger charge is -2.30. The smallest absolute Gasteiger partial charge is 0.103 e. The summed E-state index contributed by atoms with van der Waals surface area (Å²) in [6.07, 6.45) is 3.06. The largest absolute Gasteiger partial charge is 0.361 e. The van der Waals surface area contributed by atoms with Gasteiger partial charge in [-0.3, -0.25) is 5.41 Å². The van der Waals surface area contributed by atoms with Crippen LogP contribution >= 0.6 is 0 Å². The van der Waals surface area contributed by atoms with Gasteiger partial charge in [-0.15, -0.1) is 0 Å². The van der Waals surface area contributed by atoms with Crippen LogP contribution in [0.5, 0.6) is 0 Å². The molecule has 2 N–H and O–H groups in total. The summed E-state index contributed by atoms with van der Waals surface area (Å²) in [5.74, 6) is 0.888. The number of fused-ring (bicyclic) bond motifs is 2. The zero-order valence-corrected chi connectivity index (χ0v) is 13.5. The van der Waals surface area contributed by atoms with E-state index in [0.717, 1.165) is 11.9 Å². The number of nitrogens with one attached hydrogen (secondary N) is 2. The van der Waals surface area contributed by atoms with E-state index >= 15 is 0 Å². The minimum Gasteiger partial charge on any atom is -0.361 e. The van der Waals surface area contributed by atoms with Crippen molar-refractivity contribution in [2.75, 3.05) is 4.90 Å². The van der Waals surface area contributed by atoms with Crippen molar-refractivity contribution in [3.8, 4) is 0 Å². The Morgan fingerprint density at radius 2 is 1.87 bits per heavy atom. The highest BCUT2D eigenvalue weighted by Gasteiger charge is 2.34. The number of aromatic amines is 1. The zero-order chi connectivity index (χ0) is 16.0. The Labute approximate surface area is 136 Å². The molecule has 116 valence electrons. The van der Waals surface area contributed by atoms with E-state index in [1.54, 1.807) is 0 Å². The van der Waals surface area contributed by atoms with Crippen LogP contribution in [0.25, 0.3) is 10.9 Å². The lowest BCUT2D eigenvalue weighted by molar-refractivity contribution is 0.725. The van der Waals surface area contributed by atoms with Crippen LogP contribution in [0, 0.1) is 11.3 Å². The molecule has 3 aromatic rings. The van der Waals surface area contributed by atoms with Gasteiger partial charge in [0, 0.05) is 34.3 Å². The fourth-order valence-corrected chi connectivity index (χ4v) is 3.58. The molecule has 0 saturated heterocycles. The van der Waals surface area contributed by atoms with Crippen molar-refractivity contribution in [2.24, 2.45) is 5.92 Å². The van der Waals surface area contributed by atoms with Crippen molar-refractivity contribution in [3.63, 3.8) is 0 Å². The van der Waals surface area contributed by atoms with Crippen LogP contribution in [0.4, 0.5) is 5.69 Å². The number of rotatable bonds is 2. The molecule has 0 bridgehead atoms. The van der Waals surface area contributed by atoms with E-state index in [0.29, 0.717) is 5.84 Å². The maximum Gasteiger partial charge on any atom is 0.103 e. The number of anilines is 1. The van der Waals surface area contributed by atoms with Crippen LogP contribution in [0.3, 0.4) is 0 Å². The zero-order valence-electron chi connectivity index (χ0n) is 13.5. The maximum atomic E-state index is 8.63. The van der Waals surface area contributed by atoms with Crippen LogP contribution in [-0.4, -0.2) is 10.8 Å². The van der Waals surface area contributed by atoms with Gasteiger partial charge in [0.2, 0.25) is 0 Å². The Balaban J connectivity index is 1.86. The Morgan fingerprint density at radius 1 is 1.13 bits per heavy atom. The average molecular weight is 303 g/mol. The summed E-state index contributed by atoms with van der Waals surface area (Å²) in [7, 11) is 0. The number of hydrogen-bond acceptors (Lipinski definition) is 1. The quantitative estimate of drug-likeness (QED) is 0.513. The number of hydrogen-bond donors (Lipinski definition) is 2. The molecule has 1 atom stereocenters. The fraction of sp³-hybridized carbons (Fsp3) is 0.250. The number of nitrogens with zero attached hydrogens (tertiary/aromatic N) is 1. The Bertz CT molecular complexity index is 875. The number of para-hydroxylation sites is 2. The molecular weight excluding hydrogens is 282 g/mol. The molecule has 0 radical (unpaired) electrons. The van der Waals surface area contributed by atoms with Gasteiger partial charge < -0.3 is 9.88 Å². The van der Waals surface area contributed by atoms with Gasteiger partial charge in [0.1, 0.15) is 5.84 Å². The predicted molar refractivity (Wildman–Crippen MR) is 96.2 cm³/mol. The van der Waals surface area contributed by atoms with E-state index in [4.69, 9.17) is 5.41 Å². The molecule has 0 saturated carbocycles. The molecule has 0 aliphatic carbocycles. The van der Waals surface area contributed by atoms with Crippen LogP contribution < -0.4 is 4.90 Å². The molecule has 1 aliphatic rings. The highest BCUT2D eigenvalue weighted by Crippen LogP contribution is 2.43. The van der Waals surface area contributed by atoms with Crippen molar-refractivity contribution in [1.82, 2.24) is 4.98 Å². The third kappa shape index (κ3) is 2.15. The molecule has 4 rings (SSSR count). The number of amidine groups is 1. The van der Waals surface area contributed by atoms with Gasteiger partial charge in [0.15, 0.2) is 0 Å². The van der Waals surface area contributed by atoms with Crippen LogP contribution in [-0.2, 0) is 6.42 Å². The van der Waals surface area contributed by atoms with Crippen LogP contribution in [0.1, 0.15) is 31.0 Å². The van der Waals surface area contributed by atoms with Gasteiger partial charge in [-0.1, -0.05) is 50.2 Å². The van der Waals surface area contributed by atoms with E-state index in [2.05, 4.69) is 78.5 Å². The summed E-state index contributed by atoms with van der Waals surface area (Å²) in [4.78, 5) is 5.60. The summed E-state index contributed by atoms with van der Waals surface area (Å²) < 4.78 is 0. The highest BCUT2D eigenvalue weighted by molar-refractivity contribution is 6.00. The van der Waals surface area contributed by atoms with Gasteiger partial charge in [-0.05, 0) is 24.1 Å². The average Bonchev–Trinajstić information content (AvgIpc) is 3.15. The van der Waals surface area contributed by atoms with Crippen molar-refractivity contribution >= 4 is 22.4 Å². The van der Waals surface area contributed by atoms with E-state index < -0.39 is 0 Å². The van der Waals surface area contributed by atoms with Gasteiger partial charge in [-0.25, -0.2) is 0 Å². The molecule has 0 amide bonds. The van der Waals surface area contributed by atoms with Gasteiger partial charge in [0.05, 0.1) is 6.04 Å². The molecule has 0 spiro atoms. The Kier molecular flexibility index (Phi) is 3.22. The Morgan fingerprint density at radius 3 is 2.70 bits per heavy atom. The SMILES string of the molecule is CC(C)C(=N)N1c2ccccc2CC1c1c[nH]c2ccccc12. The van der Waals surface area contributed by atoms with E-state index in [1.807, 2.05) is 0 Å². The van der Waals surface area contributed by atoms with E-state index in [-0.39, 0.29) is 12.0 Å².